The fourth-order valence-corrected chi connectivity index (χ4v) is 2.32. The fraction of sp³-hybridized carbons (Fsp3) is 0.556. The van der Waals surface area contributed by atoms with Gasteiger partial charge in [-0.25, -0.2) is 5.43 Å². The smallest absolute Gasteiger partial charge is 0.271 e. The molecule has 2 rings (SSSR count). The van der Waals surface area contributed by atoms with Gasteiger partial charge >= 0.3 is 0 Å². The molecule has 0 aliphatic heterocycles. The average molecular weight is 334 g/mol. The first-order valence-corrected chi connectivity index (χ1v) is 8.51. The van der Waals surface area contributed by atoms with Crippen molar-refractivity contribution in [2.75, 3.05) is 19.8 Å². The average Bonchev–Trinajstić information content (AvgIpc) is 3.40. The lowest BCUT2D eigenvalue weighted by Gasteiger charge is -2.16. The highest BCUT2D eigenvalue weighted by molar-refractivity contribution is 5.97. The SMILES string of the molecule is CCOc1cc(C(=O)NN=C(C)C2CC2)cc(OCC)c1OCC. The van der Waals surface area contributed by atoms with Crippen LogP contribution in [0.3, 0.4) is 0 Å². The Balaban J connectivity index is 2.27. The lowest BCUT2D eigenvalue weighted by Crippen LogP contribution is -2.20. The number of ether oxygens (including phenoxy) is 3. The standard InChI is InChI=1S/C18H26N2O4/c1-5-22-15-10-14(11-16(23-6-2)17(15)24-7-3)18(21)20-19-12(4)13-8-9-13/h10-11,13H,5-9H2,1-4H3,(H,20,21). The van der Waals surface area contributed by atoms with Crippen LogP contribution in [0.2, 0.25) is 0 Å². The van der Waals surface area contributed by atoms with E-state index in [0.717, 1.165) is 18.6 Å². The largest absolute Gasteiger partial charge is 0.490 e. The van der Waals surface area contributed by atoms with Gasteiger partial charge < -0.3 is 14.2 Å². The molecule has 1 saturated carbocycles. The lowest BCUT2D eigenvalue weighted by atomic mass is 10.1. The van der Waals surface area contributed by atoms with Crippen molar-refractivity contribution in [2.24, 2.45) is 11.0 Å². The van der Waals surface area contributed by atoms with Crippen molar-refractivity contribution >= 4 is 11.6 Å². The molecule has 6 nitrogen and oxygen atoms in total. The molecule has 0 unspecified atom stereocenters. The minimum absolute atomic E-state index is 0.292. The van der Waals surface area contributed by atoms with Crippen LogP contribution in [0.4, 0.5) is 0 Å². The van der Waals surface area contributed by atoms with Gasteiger partial charge in [-0.2, -0.15) is 5.10 Å². The predicted octanol–water partition coefficient (Wildman–Crippen LogP) is 3.40. The first kappa shape index (κ1) is 18.1. The molecule has 1 aliphatic carbocycles. The molecule has 0 radical (unpaired) electrons. The third-order valence-electron chi connectivity index (χ3n) is 3.67. The number of carbonyl (C=O) groups excluding carboxylic acids is 1. The van der Waals surface area contributed by atoms with Gasteiger partial charge in [-0.1, -0.05) is 0 Å². The van der Waals surface area contributed by atoms with Gasteiger partial charge in [0.2, 0.25) is 5.75 Å². The molecule has 1 amide bonds. The zero-order chi connectivity index (χ0) is 17.5. The molecule has 6 heteroatoms. The van der Waals surface area contributed by atoms with Crippen molar-refractivity contribution in [3.8, 4) is 17.2 Å². The summed E-state index contributed by atoms with van der Waals surface area (Å²) in [4.78, 5) is 12.4. The van der Waals surface area contributed by atoms with E-state index >= 15 is 0 Å². The second kappa shape index (κ2) is 8.57. The van der Waals surface area contributed by atoms with Crippen LogP contribution >= 0.6 is 0 Å². The second-order valence-electron chi connectivity index (χ2n) is 5.57. The van der Waals surface area contributed by atoms with E-state index in [0.29, 0.717) is 48.6 Å². The van der Waals surface area contributed by atoms with Crippen LogP contribution in [0, 0.1) is 5.92 Å². The Kier molecular flexibility index (Phi) is 6.46. The van der Waals surface area contributed by atoms with Crippen LogP contribution in [0.15, 0.2) is 17.2 Å². The summed E-state index contributed by atoms with van der Waals surface area (Å²) in [5.74, 6) is 1.75. The zero-order valence-electron chi connectivity index (χ0n) is 14.8. The van der Waals surface area contributed by atoms with Gasteiger partial charge in [-0.05, 0) is 58.6 Å². The highest BCUT2D eigenvalue weighted by atomic mass is 16.5. The van der Waals surface area contributed by atoms with Crippen LogP contribution in [0.1, 0.15) is 50.9 Å². The van der Waals surface area contributed by atoms with Crippen molar-refractivity contribution in [2.45, 2.75) is 40.5 Å². The maximum Gasteiger partial charge on any atom is 0.271 e. The number of amides is 1. The maximum absolute atomic E-state index is 12.4. The number of hydrazone groups is 1. The Labute approximate surface area is 143 Å². The zero-order valence-corrected chi connectivity index (χ0v) is 14.8. The van der Waals surface area contributed by atoms with Crippen LogP contribution in [-0.4, -0.2) is 31.4 Å². The number of benzene rings is 1. The van der Waals surface area contributed by atoms with Gasteiger partial charge in [-0.15, -0.1) is 0 Å². The first-order valence-electron chi connectivity index (χ1n) is 8.51. The molecule has 1 aromatic carbocycles. The molecule has 0 spiro atoms. The molecule has 1 aliphatic rings. The highest BCUT2D eigenvalue weighted by Gasteiger charge is 2.25. The van der Waals surface area contributed by atoms with E-state index in [4.69, 9.17) is 14.2 Å². The van der Waals surface area contributed by atoms with E-state index in [1.54, 1.807) is 12.1 Å². The molecule has 0 bridgehead atoms. The third-order valence-corrected chi connectivity index (χ3v) is 3.67. The maximum atomic E-state index is 12.4. The Morgan fingerprint density at radius 2 is 1.62 bits per heavy atom. The van der Waals surface area contributed by atoms with Gasteiger partial charge in [0, 0.05) is 11.3 Å². The van der Waals surface area contributed by atoms with Gasteiger partial charge in [0.1, 0.15) is 0 Å². The van der Waals surface area contributed by atoms with Crippen molar-refractivity contribution in [3.05, 3.63) is 17.7 Å². The van der Waals surface area contributed by atoms with Crippen LogP contribution < -0.4 is 19.6 Å². The summed E-state index contributed by atoms with van der Waals surface area (Å²) in [6.45, 7) is 9.01. The van der Waals surface area contributed by atoms with Crippen LogP contribution in [0.5, 0.6) is 17.2 Å². The number of hydrogen-bond acceptors (Lipinski definition) is 5. The summed E-state index contributed by atoms with van der Waals surface area (Å²) in [5, 5.41) is 4.18. The summed E-state index contributed by atoms with van der Waals surface area (Å²) in [6.07, 6.45) is 2.30. The van der Waals surface area contributed by atoms with Crippen molar-refractivity contribution in [3.63, 3.8) is 0 Å². The van der Waals surface area contributed by atoms with Gasteiger partial charge in [-0.3, -0.25) is 4.79 Å². The molecule has 132 valence electrons. The number of hydrogen-bond donors (Lipinski definition) is 1. The molecule has 0 saturated heterocycles. The van der Waals surface area contributed by atoms with E-state index in [9.17, 15) is 4.79 Å². The topological polar surface area (TPSA) is 69.2 Å². The quantitative estimate of drug-likeness (QED) is 0.555. The third kappa shape index (κ3) is 4.63. The minimum atomic E-state index is -0.292. The van der Waals surface area contributed by atoms with Gasteiger partial charge in [0.25, 0.3) is 5.91 Å². The minimum Gasteiger partial charge on any atom is -0.490 e. The first-order chi connectivity index (χ1) is 11.6. The number of nitrogens with zero attached hydrogens (tertiary/aromatic N) is 1. The monoisotopic (exact) mass is 334 g/mol. The normalized spacial score (nSPS) is 14.2. The van der Waals surface area contributed by atoms with E-state index in [2.05, 4.69) is 10.5 Å². The molecule has 0 heterocycles. The summed E-state index contributed by atoms with van der Waals surface area (Å²) < 4.78 is 16.9. The van der Waals surface area contributed by atoms with Crippen LogP contribution in [-0.2, 0) is 0 Å². The Hall–Kier alpha value is -2.24. The molecule has 1 N–H and O–H groups in total. The van der Waals surface area contributed by atoms with Crippen LogP contribution in [0.25, 0.3) is 0 Å². The van der Waals surface area contributed by atoms with E-state index in [1.165, 1.54) is 0 Å². The van der Waals surface area contributed by atoms with E-state index in [1.807, 2.05) is 27.7 Å². The van der Waals surface area contributed by atoms with Gasteiger partial charge in [0.15, 0.2) is 11.5 Å². The molecule has 1 fully saturated rings. The van der Waals surface area contributed by atoms with Crippen molar-refractivity contribution < 1.29 is 19.0 Å². The number of nitrogens with one attached hydrogen (secondary N) is 1. The second-order valence-corrected chi connectivity index (χ2v) is 5.57. The Bertz CT molecular complexity index is 582. The summed E-state index contributed by atoms with van der Waals surface area (Å²) in [6, 6.07) is 3.32. The van der Waals surface area contributed by atoms with Crippen molar-refractivity contribution in [1.82, 2.24) is 5.43 Å². The molecule has 1 aromatic rings. The lowest BCUT2D eigenvalue weighted by molar-refractivity contribution is 0.0953. The van der Waals surface area contributed by atoms with Crippen molar-refractivity contribution in [1.29, 1.82) is 0 Å². The molecular weight excluding hydrogens is 308 g/mol. The summed E-state index contributed by atoms with van der Waals surface area (Å²) >= 11 is 0. The van der Waals surface area contributed by atoms with Gasteiger partial charge in [0.05, 0.1) is 19.8 Å². The highest BCUT2D eigenvalue weighted by Crippen LogP contribution is 2.39. The molecule has 0 atom stereocenters. The Morgan fingerprint density at radius 3 is 2.08 bits per heavy atom. The summed E-state index contributed by atoms with van der Waals surface area (Å²) in [5.41, 5.74) is 4.00. The molecule has 24 heavy (non-hydrogen) atoms. The number of rotatable bonds is 9. The van der Waals surface area contributed by atoms with E-state index in [-0.39, 0.29) is 5.91 Å². The fourth-order valence-electron chi connectivity index (χ4n) is 2.32. The predicted molar refractivity (Wildman–Crippen MR) is 93.2 cm³/mol. The number of carbonyl (C=O) groups is 1. The Morgan fingerprint density at radius 1 is 1.08 bits per heavy atom. The summed E-state index contributed by atoms with van der Waals surface area (Å²) in [7, 11) is 0. The van der Waals surface area contributed by atoms with E-state index < -0.39 is 0 Å². The molecular formula is C18H26N2O4. The molecule has 0 aromatic heterocycles.